The van der Waals surface area contributed by atoms with Crippen LogP contribution in [0.2, 0.25) is 0 Å². The second-order valence-corrected chi connectivity index (χ2v) is 7.12. The first kappa shape index (κ1) is 21.0. The molecule has 0 spiro atoms. The molecule has 0 aliphatic rings. The zero-order valence-electron chi connectivity index (χ0n) is 13.8. The van der Waals surface area contributed by atoms with E-state index in [0.717, 1.165) is 33.7 Å². The summed E-state index contributed by atoms with van der Waals surface area (Å²) in [6, 6.07) is 14.0. The van der Waals surface area contributed by atoms with Gasteiger partial charge in [-0.3, -0.25) is 4.79 Å². The van der Waals surface area contributed by atoms with Gasteiger partial charge in [-0.15, -0.1) is 24.2 Å². The average Bonchev–Trinajstić information content (AvgIpc) is 2.53. The van der Waals surface area contributed by atoms with Gasteiger partial charge < -0.3 is 10.6 Å². The highest BCUT2D eigenvalue weighted by Crippen LogP contribution is 2.25. The topological polar surface area (TPSA) is 41.1 Å². The summed E-state index contributed by atoms with van der Waals surface area (Å²) in [6.07, 6.45) is 0. The second-order valence-electron chi connectivity index (χ2n) is 5.18. The van der Waals surface area contributed by atoms with Crippen LogP contribution in [-0.4, -0.2) is 18.2 Å². The third-order valence-corrected chi connectivity index (χ3v) is 5.02. The highest BCUT2D eigenvalue weighted by atomic mass is 79.9. The Balaban J connectivity index is 0.00000288. The maximum Gasteiger partial charge on any atom is 0.234 e. The second kappa shape index (κ2) is 10.8. The first-order valence-electron chi connectivity index (χ1n) is 7.57. The van der Waals surface area contributed by atoms with Crippen LogP contribution in [0.1, 0.15) is 18.1 Å². The summed E-state index contributed by atoms with van der Waals surface area (Å²) in [5, 5.41) is 6.30. The van der Waals surface area contributed by atoms with Crippen LogP contribution in [0.15, 0.2) is 51.8 Å². The number of carbonyl (C=O) groups excluding carboxylic acids is 1. The summed E-state index contributed by atoms with van der Waals surface area (Å²) in [4.78, 5) is 13.4. The van der Waals surface area contributed by atoms with Gasteiger partial charge in [0, 0.05) is 21.6 Å². The van der Waals surface area contributed by atoms with Crippen molar-refractivity contribution in [1.82, 2.24) is 5.32 Å². The molecule has 0 saturated carbocycles. The Hall–Kier alpha value is -1.01. The number of hydrogen-bond donors (Lipinski definition) is 2. The number of para-hydroxylation sites is 1. The largest absolute Gasteiger partial charge is 0.325 e. The molecule has 2 N–H and O–H groups in total. The highest BCUT2D eigenvalue weighted by molar-refractivity contribution is 9.10. The lowest BCUT2D eigenvalue weighted by molar-refractivity contribution is -0.113. The third-order valence-electron chi connectivity index (χ3n) is 3.35. The molecule has 0 aliphatic carbocycles. The van der Waals surface area contributed by atoms with Gasteiger partial charge >= 0.3 is 0 Å². The maximum absolute atomic E-state index is 12.2. The van der Waals surface area contributed by atoms with Gasteiger partial charge in [-0.05, 0) is 48.9 Å². The van der Waals surface area contributed by atoms with Crippen LogP contribution >= 0.6 is 40.1 Å². The van der Waals surface area contributed by atoms with Crippen LogP contribution in [0, 0.1) is 6.92 Å². The maximum atomic E-state index is 12.2. The molecule has 1 amide bonds. The van der Waals surface area contributed by atoms with Crippen molar-refractivity contribution in [3.8, 4) is 0 Å². The highest BCUT2D eigenvalue weighted by Gasteiger charge is 2.08. The average molecular weight is 430 g/mol. The molecule has 24 heavy (non-hydrogen) atoms. The molecule has 2 aromatic rings. The fourth-order valence-electron chi connectivity index (χ4n) is 2.16. The quantitative estimate of drug-likeness (QED) is 0.607. The minimum absolute atomic E-state index is 0. The van der Waals surface area contributed by atoms with Gasteiger partial charge in [-0.1, -0.05) is 41.1 Å². The smallest absolute Gasteiger partial charge is 0.234 e. The molecule has 0 aromatic heterocycles. The lowest BCUT2D eigenvalue weighted by atomic mass is 10.1. The van der Waals surface area contributed by atoms with Crippen molar-refractivity contribution in [2.24, 2.45) is 0 Å². The number of amides is 1. The standard InChI is InChI=1S/C18H21BrN2OS.ClH/c1-3-20-11-14-6-4-5-7-16(14)21-18(22)12-23-17-9-8-15(19)10-13(17)2;/h4-10,20H,3,11-12H2,1-2H3,(H,21,22);1H. The van der Waals surface area contributed by atoms with E-state index in [0.29, 0.717) is 5.75 Å². The molecule has 0 fully saturated rings. The molecular weight excluding hydrogens is 408 g/mol. The Bertz CT molecular complexity index is 682. The predicted octanol–water partition coefficient (Wildman–Crippen LogP) is 5.02. The molecule has 0 unspecified atom stereocenters. The van der Waals surface area contributed by atoms with Gasteiger partial charge in [0.05, 0.1) is 5.75 Å². The van der Waals surface area contributed by atoms with E-state index in [1.54, 1.807) is 11.8 Å². The minimum Gasteiger partial charge on any atom is -0.325 e. The predicted molar refractivity (Wildman–Crippen MR) is 109 cm³/mol. The number of rotatable bonds is 7. The van der Waals surface area contributed by atoms with Crippen molar-refractivity contribution in [2.75, 3.05) is 17.6 Å². The Morgan fingerprint density at radius 3 is 2.67 bits per heavy atom. The van der Waals surface area contributed by atoms with Crippen LogP contribution in [0.25, 0.3) is 0 Å². The number of benzene rings is 2. The zero-order chi connectivity index (χ0) is 16.7. The molecule has 130 valence electrons. The van der Waals surface area contributed by atoms with Crippen molar-refractivity contribution < 1.29 is 4.79 Å². The van der Waals surface area contributed by atoms with Gasteiger partial charge in [-0.25, -0.2) is 0 Å². The van der Waals surface area contributed by atoms with E-state index >= 15 is 0 Å². The van der Waals surface area contributed by atoms with Crippen LogP contribution in [0.3, 0.4) is 0 Å². The first-order chi connectivity index (χ1) is 11.1. The molecule has 0 radical (unpaired) electrons. The lowest BCUT2D eigenvalue weighted by Gasteiger charge is -2.12. The number of anilines is 1. The molecular formula is C18H22BrClN2OS. The fraction of sp³-hybridized carbons (Fsp3) is 0.278. The molecule has 0 heterocycles. The van der Waals surface area contributed by atoms with Gasteiger partial charge in [0.15, 0.2) is 0 Å². The van der Waals surface area contributed by atoms with Crippen molar-refractivity contribution in [1.29, 1.82) is 0 Å². The van der Waals surface area contributed by atoms with E-state index in [1.165, 1.54) is 5.56 Å². The van der Waals surface area contributed by atoms with Gasteiger partial charge in [0.2, 0.25) is 5.91 Å². The number of carbonyl (C=O) groups is 1. The molecule has 0 aliphatic heterocycles. The summed E-state index contributed by atoms with van der Waals surface area (Å²) in [5.74, 6) is 0.416. The zero-order valence-corrected chi connectivity index (χ0v) is 17.0. The van der Waals surface area contributed by atoms with Crippen LogP contribution in [0.4, 0.5) is 5.69 Å². The van der Waals surface area contributed by atoms with Crippen LogP contribution in [-0.2, 0) is 11.3 Å². The number of aryl methyl sites for hydroxylation is 1. The number of nitrogens with one attached hydrogen (secondary N) is 2. The normalized spacial score (nSPS) is 10.1. The molecule has 3 nitrogen and oxygen atoms in total. The van der Waals surface area contributed by atoms with E-state index in [-0.39, 0.29) is 18.3 Å². The molecule has 0 bridgehead atoms. The Morgan fingerprint density at radius 1 is 1.21 bits per heavy atom. The van der Waals surface area contributed by atoms with Crippen LogP contribution < -0.4 is 10.6 Å². The molecule has 0 saturated heterocycles. The summed E-state index contributed by atoms with van der Waals surface area (Å²) >= 11 is 5.01. The number of hydrogen-bond acceptors (Lipinski definition) is 3. The van der Waals surface area contributed by atoms with Crippen LogP contribution in [0.5, 0.6) is 0 Å². The Morgan fingerprint density at radius 2 is 1.96 bits per heavy atom. The van der Waals surface area contributed by atoms with Gasteiger partial charge in [0.25, 0.3) is 0 Å². The van der Waals surface area contributed by atoms with E-state index in [4.69, 9.17) is 0 Å². The van der Waals surface area contributed by atoms with E-state index < -0.39 is 0 Å². The summed E-state index contributed by atoms with van der Waals surface area (Å²) in [6.45, 7) is 5.78. The first-order valence-corrected chi connectivity index (χ1v) is 9.35. The van der Waals surface area contributed by atoms with E-state index in [2.05, 4.69) is 46.5 Å². The van der Waals surface area contributed by atoms with Gasteiger partial charge in [0.1, 0.15) is 0 Å². The Labute approximate surface area is 162 Å². The molecule has 0 atom stereocenters. The monoisotopic (exact) mass is 428 g/mol. The van der Waals surface area contributed by atoms with E-state index in [9.17, 15) is 4.79 Å². The molecule has 6 heteroatoms. The van der Waals surface area contributed by atoms with E-state index in [1.807, 2.05) is 36.4 Å². The van der Waals surface area contributed by atoms with Gasteiger partial charge in [-0.2, -0.15) is 0 Å². The van der Waals surface area contributed by atoms with Crippen molar-refractivity contribution in [2.45, 2.75) is 25.3 Å². The molecule has 2 rings (SSSR count). The van der Waals surface area contributed by atoms with Crippen molar-refractivity contribution in [3.63, 3.8) is 0 Å². The molecule has 2 aromatic carbocycles. The number of thioether (sulfide) groups is 1. The Kier molecular flexibility index (Phi) is 9.44. The lowest BCUT2D eigenvalue weighted by Crippen LogP contribution is -2.18. The summed E-state index contributed by atoms with van der Waals surface area (Å²) < 4.78 is 1.06. The third kappa shape index (κ3) is 6.48. The number of halogens is 2. The summed E-state index contributed by atoms with van der Waals surface area (Å²) in [5.41, 5.74) is 3.16. The fourth-order valence-corrected chi connectivity index (χ4v) is 3.45. The summed E-state index contributed by atoms with van der Waals surface area (Å²) in [7, 11) is 0. The minimum atomic E-state index is 0. The van der Waals surface area contributed by atoms with Crippen molar-refractivity contribution in [3.05, 3.63) is 58.1 Å². The van der Waals surface area contributed by atoms with Crippen molar-refractivity contribution >= 4 is 51.7 Å². The SMILES string of the molecule is CCNCc1ccccc1NC(=O)CSc1ccc(Br)cc1C.Cl.